The molecule has 0 bridgehead atoms. The molecular weight excluding hydrogens is 374 g/mol. The van der Waals surface area contributed by atoms with Crippen LogP contribution in [0.2, 0.25) is 0 Å². The number of hydrogen-bond acceptors (Lipinski definition) is 6. The largest absolute Gasteiger partial charge is 0.497 e. The van der Waals surface area contributed by atoms with Gasteiger partial charge in [-0.25, -0.2) is 0 Å². The van der Waals surface area contributed by atoms with Gasteiger partial charge in [-0.1, -0.05) is 11.8 Å². The Morgan fingerprint density at radius 2 is 1.89 bits per heavy atom. The summed E-state index contributed by atoms with van der Waals surface area (Å²) in [5.74, 6) is 1.70. The summed E-state index contributed by atoms with van der Waals surface area (Å²) in [7, 11) is 1.63. The molecule has 7 nitrogen and oxygen atoms in total. The third-order valence-corrected chi connectivity index (χ3v) is 6.26. The molecule has 1 saturated carbocycles. The number of amides is 1. The lowest BCUT2D eigenvalue weighted by molar-refractivity contribution is -0.115. The summed E-state index contributed by atoms with van der Waals surface area (Å²) in [5.41, 5.74) is 0.760. The lowest BCUT2D eigenvalue weighted by Crippen LogP contribution is -2.32. The van der Waals surface area contributed by atoms with Gasteiger partial charge in [-0.2, -0.15) is 0 Å². The van der Waals surface area contributed by atoms with E-state index >= 15 is 0 Å². The molecule has 1 aromatic heterocycles. The van der Waals surface area contributed by atoms with Crippen molar-refractivity contribution in [1.82, 2.24) is 14.8 Å². The summed E-state index contributed by atoms with van der Waals surface area (Å²) in [5, 5.41) is 12.5. The zero-order chi connectivity index (χ0) is 19.5. The van der Waals surface area contributed by atoms with Crippen LogP contribution in [0.25, 0.3) is 0 Å². The maximum Gasteiger partial charge on any atom is 0.237 e. The van der Waals surface area contributed by atoms with Gasteiger partial charge in [0.15, 0.2) is 5.16 Å². The Morgan fingerprint density at radius 1 is 1.18 bits per heavy atom. The van der Waals surface area contributed by atoms with Crippen LogP contribution in [0.5, 0.6) is 5.75 Å². The first-order valence-electron chi connectivity index (χ1n) is 9.97. The highest BCUT2D eigenvalue weighted by molar-refractivity contribution is 8.00. The van der Waals surface area contributed by atoms with Gasteiger partial charge in [0.1, 0.15) is 5.75 Å². The predicted octanol–water partition coefficient (Wildman–Crippen LogP) is 3.73. The van der Waals surface area contributed by atoms with Crippen LogP contribution in [0.1, 0.15) is 45.1 Å². The molecule has 1 saturated heterocycles. The maximum atomic E-state index is 12.6. The normalized spacial score (nSPS) is 18.0. The van der Waals surface area contributed by atoms with E-state index in [9.17, 15) is 4.79 Å². The van der Waals surface area contributed by atoms with Crippen molar-refractivity contribution in [3.63, 3.8) is 0 Å². The topological polar surface area (TPSA) is 72.3 Å². The third-order valence-electron chi connectivity index (χ3n) is 5.21. The van der Waals surface area contributed by atoms with E-state index in [1.54, 1.807) is 7.11 Å². The van der Waals surface area contributed by atoms with Crippen LogP contribution in [-0.4, -0.2) is 46.1 Å². The van der Waals surface area contributed by atoms with Crippen molar-refractivity contribution in [2.75, 3.05) is 30.4 Å². The van der Waals surface area contributed by atoms with E-state index in [2.05, 4.69) is 25.0 Å². The molecule has 1 atom stereocenters. The maximum absolute atomic E-state index is 12.6. The molecule has 4 rings (SSSR count). The first kappa shape index (κ1) is 19.1. The van der Waals surface area contributed by atoms with E-state index in [1.165, 1.54) is 43.9 Å². The van der Waals surface area contributed by atoms with Crippen LogP contribution in [0.3, 0.4) is 0 Å². The minimum atomic E-state index is -0.266. The number of thioether (sulfide) groups is 1. The number of carbonyl (C=O) groups is 1. The van der Waals surface area contributed by atoms with E-state index in [4.69, 9.17) is 4.74 Å². The Bertz CT molecular complexity index is 813. The molecule has 1 aromatic carbocycles. The van der Waals surface area contributed by atoms with Crippen molar-refractivity contribution in [1.29, 1.82) is 0 Å². The molecule has 0 spiro atoms. The van der Waals surface area contributed by atoms with Crippen LogP contribution >= 0.6 is 11.8 Å². The van der Waals surface area contributed by atoms with Gasteiger partial charge < -0.3 is 15.0 Å². The molecule has 1 aliphatic carbocycles. The van der Waals surface area contributed by atoms with E-state index in [0.29, 0.717) is 6.04 Å². The average Bonchev–Trinajstić information content (AvgIpc) is 3.49. The van der Waals surface area contributed by atoms with Crippen LogP contribution in [0.4, 0.5) is 11.6 Å². The smallest absolute Gasteiger partial charge is 0.237 e. The predicted molar refractivity (Wildman–Crippen MR) is 111 cm³/mol. The molecule has 2 heterocycles. The van der Waals surface area contributed by atoms with Crippen LogP contribution < -0.4 is 15.0 Å². The second-order valence-corrected chi connectivity index (χ2v) is 8.72. The molecule has 8 heteroatoms. The lowest BCUT2D eigenvalue weighted by atomic mass is 10.1. The SMILES string of the molecule is COc1ccc(NC(=O)C(C)Sc2nnc(N3CCCCC3)n2C2CC2)cc1. The summed E-state index contributed by atoms with van der Waals surface area (Å²) < 4.78 is 7.41. The molecule has 1 N–H and O–H groups in total. The van der Waals surface area contributed by atoms with E-state index in [1.807, 2.05) is 31.2 Å². The van der Waals surface area contributed by atoms with Gasteiger partial charge in [-0.3, -0.25) is 9.36 Å². The quantitative estimate of drug-likeness (QED) is 0.713. The Kier molecular flexibility index (Phi) is 5.75. The Hall–Kier alpha value is -2.22. The molecule has 2 aromatic rings. The van der Waals surface area contributed by atoms with Gasteiger partial charge in [0.25, 0.3) is 0 Å². The molecule has 150 valence electrons. The second-order valence-electron chi connectivity index (χ2n) is 7.41. The molecule has 2 aliphatic rings. The summed E-state index contributed by atoms with van der Waals surface area (Å²) in [6.07, 6.45) is 6.04. The molecule has 0 radical (unpaired) electrons. The zero-order valence-corrected chi connectivity index (χ0v) is 17.2. The van der Waals surface area contributed by atoms with Crippen molar-refractivity contribution >= 4 is 29.3 Å². The van der Waals surface area contributed by atoms with Gasteiger partial charge in [0.2, 0.25) is 11.9 Å². The molecule has 1 aliphatic heterocycles. The Labute approximate surface area is 169 Å². The third kappa shape index (κ3) is 4.27. The number of anilines is 2. The highest BCUT2D eigenvalue weighted by Crippen LogP contribution is 2.42. The number of nitrogens with one attached hydrogen (secondary N) is 1. The highest BCUT2D eigenvalue weighted by Gasteiger charge is 2.33. The minimum Gasteiger partial charge on any atom is -0.497 e. The Balaban J connectivity index is 1.44. The molecule has 1 unspecified atom stereocenters. The van der Waals surface area contributed by atoms with Crippen molar-refractivity contribution in [2.24, 2.45) is 0 Å². The fourth-order valence-corrected chi connectivity index (χ4v) is 4.36. The summed E-state index contributed by atoms with van der Waals surface area (Å²) >= 11 is 1.48. The standard InChI is InChI=1S/C20H27N5O2S/c1-14(18(26)21-15-6-10-17(27-2)11-7-15)28-20-23-22-19(25(20)16-8-9-16)24-12-4-3-5-13-24/h6-7,10-11,14,16H,3-5,8-9,12-13H2,1-2H3,(H,21,26). The fraction of sp³-hybridized carbons (Fsp3) is 0.550. The zero-order valence-electron chi connectivity index (χ0n) is 16.4. The highest BCUT2D eigenvalue weighted by atomic mass is 32.2. The number of piperidine rings is 1. The first-order chi connectivity index (χ1) is 13.7. The van der Waals surface area contributed by atoms with Crippen molar-refractivity contribution in [3.05, 3.63) is 24.3 Å². The number of carbonyl (C=O) groups excluding carboxylic acids is 1. The van der Waals surface area contributed by atoms with Gasteiger partial charge in [-0.05, 0) is 63.3 Å². The van der Waals surface area contributed by atoms with Gasteiger partial charge in [0, 0.05) is 24.8 Å². The molecular formula is C20H27N5O2S. The number of methoxy groups -OCH3 is 1. The summed E-state index contributed by atoms with van der Waals surface area (Å²) in [6, 6.07) is 7.83. The van der Waals surface area contributed by atoms with E-state index in [0.717, 1.165) is 35.6 Å². The fourth-order valence-electron chi connectivity index (χ4n) is 3.44. The number of hydrogen-bond donors (Lipinski definition) is 1. The van der Waals surface area contributed by atoms with Crippen LogP contribution in [0, 0.1) is 0 Å². The van der Waals surface area contributed by atoms with Crippen molar-refractivity contribution in [3.8, 4) is 5.75 Å². The number of ether oxygens (including phenoxy) is 1. The van der Waals surface area contributed by atoms with Crippen molar-refractivity contribution < 1.29 is 9.53 Å². The number of nitrogens with zero attached hydrogens (tertiary/aromatic N) is 4. The van der Waals surface area contributed by atoms with Gasteiger partial charge in [-0.15, -0.1) is 10.2 Å². The number of rotatable bonds is 7. The number of aromatic nitrogens is 3. The monoisotopic (exact) mass is 401 g/mol. The lowest BCUT2D eigenvalue weighted by Gasteiger charge is -2.28. The van der Waals surface area contributed by atoms with Crippen LogP contribution in [0.15, 0.2) is 29.4 Å². The van der Waals surface area contributed by atoms with Gasteiger partial charge in [0.05, 0.1) is 12.4 Å². The number of benzene rings is 1. The first-order valence-corrected chi connectivity index (χ1v) is 10.8. The summed E-state index contributed by atoms with van der Waals surface area (Å²) in [6.45, 7) is 4.00. The van der Waals surface area contributed by atoms with E-state index in [-0.39, 0.29) is 11.2 Å². The van der Waals surface area contributed by atoms with Gasteiger partial charge >= 0.3 is 0 Å². The summed E-state index contributed by atoms with van der Waals surface area (Å²) in [4.78, 5) is 15.0. The van der Waals surface area contributed by atoms with Crippen molar-refractivity contribution in [2.45, 2.75) is 55.5 Å². The van der Waals surface area contributed by atoms with E-state index < -0.39 is 0 Å². The Morgan fingerprint density at radius 3 is 2.54 bits per heavy atom. The van der Waals surface area contributed by atoms with Crippen LogP contribution in [-0.2, 0) is 4.79 Å². The average molecular weight is 402 g/mol. The second kappa shape index (κ2) is 8.43. The molecule has 2 fully saturated rings. The molecule has 28 heavy (non-hydrogen) atoms. The molecule has 1 amide bonds. The minimum absolute atomic E-state index is 0.0416.